The second-order valence-corrected chi connectivity index (χ2v) is 9.25. The van der Waals surface area contributed by atoms with Gasteiger partial charge in [0, 0.05) is 38.3 Å². The molecule has 3 aromatic rings. The lowest BCUT2D eigenvalue weighted by molar-refractivity contribution is 0.372. The van der Waals surface area contributed by atoms with Crippen molar-refractivity contribution < 1.29 is 17.9 Å². The van der Waals surface area contributed by atoms with E-state index in [2.05, 4.69) is 30.3 Å². The van der Waals surface area contributed by atoms with Gasteiger partial charge in [-0.15, -0.1) is 5.10 Å². The molecule has 1 N–H and O–H groups in total. The van der Waals surface area contributed by atoms with Gasteiger partial charge in [0.15, 0.2) is 17.5 Å². The normalized spacial score (nSPS) is 23.4. The predicted molar refractivity (Wildman–Crippen MR) is 122 cm³/mol. The van der Waals surface area contributed by atoms with Crippen LogP contribution >= 0.6 is 0 Å². The Labute approximate surface area is 199 Å². The smallest absolute Gasteiger partial charge is 0.244 e. The Balaban J connectivity index is 1.21. The van der Waals surface area contributed by atoms with E-state index in [1.807, 2.05) is 6.07 Å². The molecule has 2 fully saturated rings. The van der Waals surface area contributed by atoms with E-state index in [-0.39, 0.29) is 11.7 Å². The number of rotatable bonds is 5. The molecular formula is C23H25F3N8O. The molecule has 2 bridgehead atoms. The number of fused-ring (bicyclic) bond motifs is 3. The standard InChI is InChI=1S/C23H25F3N8O/c1-35-18-9-17(27-12-28-18)32-10-13-3-4-14(11-32)21(13)29-22-30-23-33(7-2-8-34(23)31-22)16-6-5-15(24)19(25)20(16)26/h5-6,9,12-14,21H,2-4,7-8,10-11H2,1H3,(H,29,31)/t13-,14?,21?/m0/s1. The molecule has 1 saturated heterocycles. The molecule has 0 spiro atoms. The van der Waals surface area contributed by atoms with Gasteiger partial charge in [-0.2, -0.15) is 4.98 Å². The summed E-state index contributed by atoms with van der Waals surface area (Å²) in [5.74, 6) is -0.871. The summed E-state index contributed by atoms with van der Waals surface area (Å²) in [6.07, 6.45) is 4.36. The van der Waals surface area contributed by atoms with Crippen molar-refractivity contribution in [2.45, 2.75) is 31.8 Å². The molecule has 3 aliphatic rings. The van der Waals surface area contributed by atoms with Crippen LogP contribution in [-0.4, -0.2) is 57.5 Å². The molecule has 1 saturated carbocycles. The number of ether oxygens (including phenoxy) is 1. The fourth-order valence-electron chi connectivity index (χ4n) is 5.58. The lowest BCUT2D eigenvalue weighted by Gasteiger charge is -2.38. The first-order valence-electron chi connectivity index (χ1n) is 11.7. The van der Waals surface area contributed by atoms with Gasteiger partial charge in [0.1, 0.15) is 12.1 Å². The number of halogens is 3. The van der Waals surface area contributed by atoms with Gasteiger partial charge < -0.3 is 19.9 Å². The van der Waals surface area contributed by atoms with Gasteiger partial charge in [-0.3, -0.25) is 0 Å². The van der Waals surface area contributed by atoms with Crippen LogP contribution in [0.25, 0.3) is 0 Å². The largest absolute Gasteiger partial charge is 0.481 e. The average Bonchev–Trinajstić information content (AvgIpc) is 3.38. The fraction of sp³-hybridized carbons (Fsp3) is 0.478. The maximum absolute atomic E-state index is 14.5. The van der Waals surface area contributed by atoms with Gasteiger partial charge >= 0.3 is 0 Å². The zero-order valence-corrected chi connectivity index (χ0v) is 19.2. The second-order valence-electron chi connectivity index (χ2n) is 9.25. The van der Waals surface area contributed by atoms with Gasteiger partial charge in [-0.25, -0.2) is 27.8 Å². The Morgan fingerprint density at radius 3 is 2.60 bits per heavy atom. The van der Waals surface area contributed by atoms with Crippen LogP contribution < -0.4 is 19.9 Å². The summed E-state index contributed by atoms with van der Waals surface area (Å²) in [7, 11) is 1.59. The predicted octanol–water partition coefficient (Wildman–Crippen LogP) is 3.36. The van der Waals surface area contributed by atoms with Crippen LogP contribution in [0.5, 0.6) is 5.88 Å². The molecule has 35 heavy (non-hydrogen) atoms. The van der Waals surface area contributed by atoms with Crippen LogP contribution in [0.3, 0.4) is 0 Å². The lowest BCUT2D eigenvalue weighted by atomic mass is 9.92. The summed E-state index contributed by atoms with van der Waals surface area (Å²) in [5.41, 5.74) is -0.0440. The zero-order chi connectivity index (χ0) is 24.1. The minimum absolute atomic E-state index is 0.0440. The van der Waals surface area contributed by atoms with E-state index >= 15 is 0 Å². The van der Waals surface area contributed by atoms with Crippen molar-refractivity contribution >= 4 is 23.4 Å². The molecule has 9 nitrogen and oxygen atoms in total. The number of aromatic nitrogens is 5. The van der Waals surface area contributed by atoms with E-state index in [9.17, 15) is 13.2 Å². The number of benzene rings is 1. The third-order valence-corrected chi connectivity index (χ3v) is 7.24. The topological polar surface area (TPSA) is 84.2 Å². The molecule has 2 unspecified atom stereocenters. The SMILES string of the molecule is COc1cc(N2CC3CC[C@@H](C2)C3Nc2nc3n(n2)CCCN3c2ccc(F)c(F)c2F)ncn1. The first kappa shape index (κ1) is 21.9. The maximum atomic E-state index is 14.5. The molecule has 12 heteroatoms. The average molecular weight is 487 g/mol. The summed E-state index contributed by atoms with van der Waals surface area (Å²) >= 11 is 0. The molecule has 184 valence electrons. The first-order chi connectivity index (χ1) is 17.0. The lowest BCUT2D eigenvalue weighted by Crippen LogP contribution is -2.48. The van der Waals surface area contributed by atoms with E-state index in [1.54, 1.807) is 16.7 Å². The fourth-order valence-corrected chi connectivity index (χ4v) is 5.58. The monoisotopic (exact) mass is 486 g/mol. The number of nitrogens with zero attached hydrogens (tertiary/aromatic N) is 7. The number of nitrogens with one attached hydrogen (secondary N) is 1. The van der Waals surface area contributed by atoms with E-state index in [1.165, 1.54) is 12.4 Å². The van der Waals surface area contributed by atoms with Crippen LogP contribution in [0, 0.1) is 29.3 Å². The Kier molecular flexibility index (Phi) is 5.37. The molecule has 0 amide bonds. The van der Waals surface area contributed by atoms with Crippen molar-refractivity contribution in [3.63, 3.8) is 0 Å². The number of aryl methyl sites for hydroxylation is 1. The van der Waals surface area contributed by atoms with E-state index < -0.39 is 17.5 Å². The third kappa shape index (κ3) is 3.80. The summed E-state index contributed by atoms with van der Waals surface area (Å²) in [5, 5.41) is 8.12. The molecular weight excluding hydrogens is 461 g/mol. The summed E-state index contributed by atoms with van der Waals surface area (Å²) < 4.78 is 48.8. The minimum Gasteiger partial charge on any atom is -0.481 e. The van der Waals surface area contributed by atoms with E-state index in [4.69, 9.17) is 4.74 Å². The molecule has 1 aliphatic carbocycles. The zero-order valence-electron chi connectivity index (χ0n) is 19.2. The number of methoxy groups -OCH3 is 1. The molecule has 1 aromatic carbocycles. The van der Waals surface area contributed by atoms with Crippen LogP contribution in [0.2, 0.25) is 0 Å². The van der Waals surface area contributed by atoms with Crippen LogP contribution in [0.15, 0.2) is 24.5 Å². The van der Waals surface area contributed by atoms with Gasteiger partial charge in [-0.1, -0.05) is 0 Å². The molecule has 0 radical (unpaired) electrons. The van der Waals surface area contributed by atoms with Crippen molar-refractivity contribution in [3.05, 3.63) is 42.0 Å². The Hall–Kier alpha value is -3.57. The molecule has 4 heterocycles. The van der Waals surface area contributed by atoms with E-state index in [0.29, 0.717) is 49.1 Å². The molecule has 6 rings (SSSR count). The molecule has 3 atom stereocenters. The Morgan fingerprint density at radius 2 is 1.83 bits per heavy atom. The van der Waals surface area contributed by atoms with E-state index in [0.717, 1.165) is 37.8 Å². The van der Waals surface area contributed by atoms with Gasteiger partial charge in [0.05, 0.1) is 12.8 Å². The molecule has 2 aliphatic heterocycles. The van der Waals surface area contributed by atoms with Gasteiger partial charge in [0.25, 0.3) is 0 Å². The Morgan fingerprint density at radius 1 is 1.03 bits per heavy atom. The first-order valence-corrected chi connectivity index (χ1v) is 11.7. The number of hydrogen-bond donors (Lipinski definition) is 1. The van der Waals surface area contributed by atoms with Crippen molar-refractivity contribution in [1.82, 2.24) is 24.7 Å². The highest BCUT2D eigenvalue weighted by atomic mass is 19.2. The van der Waals surface area contributed by atoms with Crippen LogP contribution in [0.4, 0.5) is 36.6 Å². The third-order valence-electron chi connectivity index (χ3n) is 7.24. The van der Waals surface area contributed by atoms with Gasteiger partial charge in [0.2, 0.25) is 17.8 Å². The van der Waals surface area contributed by atoms with Crippen LogP contribution in [-0.2, 0) is 6.54 Å². The molecule has 2 aromatic heterocycles. The highest BCUT2D eigenvalue weighted by molar-refractivity contribution is 5.60. The minimum atomic E-state index is -1.48. The summed E-state index contributed by atoms with van der Waals surface area (Å²) in [6, 6.07) is 4.22. The van der Waals surface area contributed by atoms with Crippen molar-refractivity contribution in [1.29, 1.82) is 0 Å². The highest BCUT2D eigenvalue weighted by Crippen LogP contribution is 2.40. The summed E-state index contributed by atoms with van der Waals surface area (Å²) in [4.78, 5) is 17.0. The van der Waals surface area contributed by atoms with Crippen molar-refractivity contribution in [2.75, 3.05) is 41.9 Å². The number of hydrogen-bond acceptors (Lipinski definition) is 8. The second kappa shape index (κ2) is 8.58. The Bertz CT molecular complexity index is 1240. The van der Waals surface area contributed by atoms with Crippen molar-refractivity contribution in [2.24, 2.45) is 11.8 Å². The number of piperidine rings is 1. The maximum Gasteiger partial charge on any atom is 0.244 e. The highest BCUT2D eigenvalue weighted by Gasteiger charge is 2.43. The van der Waals surface area contributed by atoms with Crippen molar-refractivity contribution in [3.8, 4) is 5.88 Å². The van der Waals surface area contributed by atoms with Gasteiger partial charge in [-0.05, 0) is 43.2 Å². The quantitative estimate of drug-likeness (QED) is 0.550. The van der Waals surface area contributed by atoms with Crippen LogP contribution in [0.1, 0.15) is 19.3 Å². The summed E-state index contributed by atoms with van der Waals surface area (Å²) in [6.45, 7) is 2.74. The number of anilines is 4.